The van der Waals surface area contributed by atoms with Crippen LogP contribution in [-0.2, 0) is 4.79 Å². The number of allylic oxidation sites excluding steroid dienone is 3. The van der Waals surface area contributed by atoms with Crippen molar-refractivity contribution in [1.82, 2.24) is 5.32 Å². The van der Waals surface area contributed by atoms with Gasteiger partial charge in [-0.25, -0.2) is 0 Å². The van der Waals surface area contributed by atoms with Gasteiger partial charge in [0.2, 0.25) is 5.91 Å². The predicted molar refractivity (Wildman–Crippen MR) is 184 cm³/mol. The van der Waals surface area contributed by atoms with E-state index in [0.717, 1.165) is 25.7 Å². The van der Waals surface area contributed by atoms with Gasteiger partial charge in [0.05, 0.1) is 18.8 Å². The van der Waals surface area contributed by atoms with Gasteiger partial charge in [-0.05, 0) is 44.9 Å². The lowest BCUT2D eigenvalue weighted by molar-refractivity contribution is -0.123. The van der Waals surface area contributed by atoms with Crippen LogP contribution in [0.4, 0.5) is 0 Å². The monoisotopic (exact) mass is 592 g/mol. The minimum atomic E-state index is -0.836. The van der Waals surface area contributed by atoms with E-state index in [1.807, 2.05) is 6.08 Å². The molecule has 0 aliphatic heterocycles. The second-order valence-corrected chi connectivity index (χ2v) is 12.6. The summed E-state index contributed by atoms with van der Waals surface area (Å²) in [4.78, 5) is 12.3. The average Bonchev–Trinajstić information content (AvgIpc) is 2.99. The number of carbonyl (C=O) groups is 1. The van der Waals surface area contributed by atoms with Crippen LogP contribution >= 0.6 is 0 Å². The highest BCUT2D eigenvalue weighted by molar-refractivity contribution is 5.76. The van der Waals surface area contributed by atoms with E-state index in [1.165, 1.54) is 148 Å². The van der Waals surface area contributed by atoms with Crippen molar-refractivity contribution in [3.8, 4) is 0 Å². The summed E-state index contributed by atoms with van der Waals surface area (Å²) in [6.07, 6.45) is 42.6. The lowest BCUT2D eigenvalue weighted by atomic mass is 10.0. The molecule has 0 spiro atoms. The van der Waals surface area contributed by atoms with Crippen LogP contribution in [0.3, 0.4) is 0 Å². The van der Waals surface area contributed by atoms with Crippen LogP contribution in [0.2, 0.25) is 0 Å². The Labute approximate surface area is 262 Å². The Bertz CT molecular complexity index is 603. The van der Waals surface area contributed by atoms with Gasteiger partial charge in [0.1, 0.15) is 0 Å². The highest BCUT2D eigenvalue weighted by atomic mass is 16.3. The number of rotatable bonds is 33. The molecule has 0 aromatic rings. The lowest BCUT2D eigenvalue weighted by Crippen LogP contribution is -2.45. The maximum atomic E-state index is 12.3. The molecule has 0 saturated carbocycles. The van der Waals surface area contributed by atoms with Gasteiger partial charge in [-0.2, -0.15) is 0 Å². The number of unbranched alkanes of at least 4 members (excludes halogenated alkanes) is 24. The van der Waals surface area contributed by atoms with Crippen LogP contribution < -0.4 is 5.32 Å². The summed E-state index contributed by atoms with van der Waals surface area (Å²) >= 11 is 0. The predicted octanol–water partition coefficient (Wildman–Crippen LogP) is 10.9. The number of aliphatic hydroxyl groups excluding tert-OH is 2. The van der Waals surface area contributed by atoms with Crippen molar-refractivity contribution in [3.05, 3.63) is 24.3 Å². The Morgan fingerprint density at radius 3 is 1.31 bits per heavy atom. The molecule has 2 atom stereocenters. The molecule has 0 saturated heterocycles. The van der Waals surface area contributed by atoms with E-state index in [1.54, 1.807) is 6.08 Å². The first-order valence-electron chi connectivity index (χ1n) is 18.6. The molecule has 0 aromatic heterocycles. The minimum Gasteiger partial charge on any atom is -0.394 e. The number of nitrogens with one attached hydrogen (secondary N) is 1. The molecule has 0 unspecified atom stereocenters. The zero-order valence-electron chi connectivity index (χ0n) is 28.3. The smallest absolute Gasteiger partial charge is 0.220 e. The third-order valence-electron chi connectivity index (χ3n) is 8.43. The highest BCUT2D eigenvalue weighted by Crippen LogP contribution is 2.13. The van der Waals surface area contributed by atoms with Crippen LogP contribution in [0.25, 0.3) is 0 Å². The summed E-state index contributed by atoms with van der Waals surface area (Å²) < 4.78 is 0. The zero-order chi connectivity index (χ0) is 30.8. The minimum absolute atomic E-state index is 0.0698. The van der Waals surface area contributed by atoms with Crippen LogP contribution in [0.1, 0.15) is 194 Å². The van der Waals surface area contributed by atoms with Gasteiger partial charge >= 0.3 is 0 Å². The first-order valence-corrected chi connectivity index (χ1v) is 18.6. The molecular weight excluding hydrogens is 518 g/mol. The molecule has 0 bridgehead atoms. The largest absolute Gasteiger partial charge is 0.394 e. The van der Waals surface area contributed by atoms with Crippen molar-refractivity contribution >= 4 is 5.91 Å². The van der Waals surface area contributed by atoms with E-state index < -0.39 is 12.1 Å². The Balaban J connectivity index is 3.62. The molecule has 248 valence electrons. The van der Waals surface area contributed by atoms with Gasteiger partial charge in [0.15, 0.2) is 0 Å². The van der Waals surface area contributed by atoms with Gasteiger partial charge in [0.25, 0.3) is 0 Å². The van der Waals surface area contributed by atoms with Crippen LogP contribution in [0.5, 0.6) is 0 Å². The fourth-order valence-corrected chi connectivity index (χ4v) is 5.52. The first-order chi connectivity index (χ1) is 20.7. The van der Waals surface area contributed by atoms with Crippen molar-refractivity contribution in [2.24, 2.45) is 0 Å². The normalized spacial score (nSPS) is 13.3. The van der Waals surface area contributed by atoms with E-state index in [-0.39, 0.29) is 12.5 Å². The van der Waals surface area contributed by atoms with Gasteiger partial charge in [-0.1, -0.05) is 167 Å². The number of carbonyl (C=O) groups excluding carboxylic acids is 1. The molecule has 0 heterocycles. The summed E-state index contributed by atoms with van der Waals surface area (Å²) in [6, 6.07) is -0.620. The van der Waals surface area contributed by atoms with E-state index in [4.69, 9.17) is 0 Å². The third-order valence-corrected chi connectivity index (χ3v) is 8.43. The summed E-state index contributed by atoms with van der Waals surface area (Å²) in [5.41, 5.74) is 0. The number of amides is 1. The van der Waals surface area contributed by atoms with Crippen LogP contribution in [0.15, 0.2) is 24.3 Å². The number of hydrogen-bond donors (Lipinski definition) is 3. The van der Waals surface area contributed by atoms with Crippen molar-refractivity contribution < 1.29 is 15.0 Å². The topological polar surface area (TPSA) is 69.6 Å². The molecule has 4 heteroatoms. The second kappa shape index (κ2) is 34.4. The standard InChI is InChI=1S/C38H73NO3/c1-3-5-7-9-11-13-15-17-18-19-20-22-24-26-28-30-32-34-38(42)39-36(35-40)37(41)33-31-29-27-25-23-21-16-14-12-10-8-6-4-2/h17-18,31,33,36-37,40-41H,3-16,19-30,32,34-35H2,1-2H3,(H,39,42)/b18-17-,33-31+/t36-,37+/m0/s1. The molecular formula is C38H73NO3. The molecule has 0 radical (unpaired) electrons. The SMILES string of the molecule is CCCCCCCC/C=C\CCCCCCCCCC(=O)N[C@@H](CO)[C@H](O)/C=C/CCCCCCCCCCCCC. The molecule has 0 aromatic carbocycles. The van der Waals surface area contributed by atoms with E-state index in [9.17, 15) is 15.0 Å². The summed E-state index contributed by atoms with van der Waals surface area (Å²) in [5, 5.41) is 22.9. The average molecular weight is 592 g/mol. The molecule has 0 aliphatic rings. The maximum absolute atomic E-state index is 12.3. The van der Waals surface area contributed by atoms with Crippen molar-refractivity contribution in [2.45, 2.75) is 206 Å². The lowest BCUT2D eigenvalue weighted by Gasteiger charge is -2.20. The summed E-state index contributed by atoms with van der Waals surface area (Å²) in [5.74, 6) is -0.0698. The van der Waals surface area contributed by atoms with Gasteiger partial charge in [-0.3, -0.25) is 4.79 Å². The fraction of sp³-hybridized carbons (Fsp3) is 0.868. The Kier molecular flexibility index (Phi) is 33.4. The van der Waals surface area contributed by atoms with Crippen molar-refractivity contribution in [3.63, 3.8) is 0 Å². The zero-order valence-corrected chi connectivity index (χ0v) is 28.3. The van der Waals surface area contributed by atoms with E-state index in [2.05, 4.69) is 31.3 Å². The van der Waals surface area contributed by atoms with Crippen molar-refractivity contribution in [1.29, 1.82) is 0 Å². The Morgan fingerprint density at radius 2 is 0.905 bits per heavy atom. The van der Waals surface area contributed by atoms with Gasteiger partial charge in [-0.15, -0.1) is 0 Å². The summed E-state index contributed by atoms with van der Waals surface area (Å²) in [6.45, 7) is 4.29. The maximum Gasteiger partial charge on any atom is 0.220 e. The second-order valence-electron chi connectivity index (χ2n) is 12.6. The van der Waals surface area contributed by atoms with Crippen molar-refractivity contribution in [2.75, 3.05) is 6.61 Å². The molecule has 0 fully saturated rings. The number of aliphatic hydroxyl groups is 2. The van der Waals surface area contributed by atoms with E-state index in [0.29, 0.717) is 6.42 Å². The molecule has 4 nitrogen and oxygen atoms in total. The summed E-state index contributed by atoms with van der Waals surface area (Å²) in [7, 11) is 0. The van der Waals surface area contributed by atoms with Crippen LogP contribution in [0, 0.1) is 0 Å². The fourth-order valence-electron chi connectivity index (χ4n) is 5.52. The van der Waals surface area contributed by atoms with Gasteiger partial charge in [0, 0.05) is 6.42 Å². The highest BCUT2D eigenvalue weighted by Gasteiger charge is 2.17. The first kappa shape index (κ1) is 40.9. The molecule has 3 N–H and O–H groups in total. The number of hydrogen-bond acceptors (Lipinski definition) is 3. The molecule has 42 heavy (non-hydrogen) atoms. The molecule has 0 aliphatic carbocycles. The third kappa shape index (κ3) is 30.3. The molecule has 1 amide bonds. The molecule has 0 rings (SSSR count). The Morgan fingerprint density at radius 1 is 0.548 bits per heavy atom. The van der Waals surface area contributed by atoms with E-state index >= 15 is 0 Å². The quantitative estimate of drug-likeness (QED) is 0.0525. The Hall–Kier alpha value is -1.13. The van der Waals surface area contributed by atoms with Crippen LogP contribution in [-0.4, -0.2) is 34.9 Å². The van der Waals surface area contributed by atoms with Gasteiger partial charge < -0.3 is 15.5 Å².